The van der Waals surface area contributed by atoms with Crippen molar-refractivity contribution in [2.75, 3.05) is 14.1 Å². The van der Waals surface area contributed by atoms with Crippen LogP contribution >= 0.6 is 12.1 Å². The Kier molecular flexibility index (Phi) is 5.03. The number of alkyl halides is 3. The van der Waals surface area contributed by atoms with Crippen LogP contribution in [0.1, 0.15) is 11.3 Å². The molecule has 0 atom stereocenters. The average Bonchev–Trinajstić information content (AvgIpc) is 2.93. The minimum Gasteiger partial charge on any atom is -0.245 e. The van der Waals surface area contributed by atoms with Crippen LogP contribution in [-0.4, -0.2) is 28.2 Å². The molecule has 0 aliphatic rings. The molecule has 8 heteroatoms. The number of hydrogen-bond acceptors (Lipinski definition) is 4. The lowest BCUT2D eigenvalue weighted by Crippen LogP contribution is -2.12. The molecule has 3 aromatic rings. The number of hydrogen-bond donors (Lipinski definition) is 1. The largest absolute Gasteiger partial charge is 0.416 e. The minimum atomic E-state index is -4.34. The van der Waals surface area contributed by atoms with Crippen LogP contribution in [0.3, 0.4) is 0 Å². The monoisotopic (exact) mass is 366 g/mol. The topological polar surface area (TPSA) is 33.1 Å². The third-order valence-electron chi connectivity index (χ3n) is 3.59. The maximum absolute atomic E-state index is 12.7. The van der Waals surface area contributed by atoms with Gasteiger partial charge in [0.2, 0.25) is 0 Å². The summed E-state index contributed by atoms with van der Waals surface area (Å²) < 4.78 is 45.0. The van der Waals surface area contributed by atoms with Crippen molar-refractivity contribution >= 4 is 23.0 Å². The molecule has 0 fully saturated rings. The Balaban J connectivity index is 1.96. The van der Waals surface area contributed by atoms with Crippen LogP contribution in [0.25, 0.3) is 16.6 Å². The van der Waals surface area contributed by atoms with Crippen molar-refractivity contribution in [3.63, 3.8) is 0 Å². The first-order valence-corrected chi connectivity index (χ1v) is 8.35. The van der Waals surface area contributed by atoms with Crippen LogP contribution in [0.4, 0.5) is 13.2 Å². The molecule has 0 radical (unpaired) electrons. The normalized spacial score (nSPS) is 12.2. The van der Waals surface area contributed by atoms with Gasteiger partial charge < -0.3 is 0 Å². The molecule has 0 saturated heterocycles. The Morgan fingerprint density at radius 1 is 1.08 bits per heavy atom. The van der Waals surface area contributed by atoms with Crippen LogP contribution in [0, 0.1) is 0 Å². The first-order valence-electron chi connectivity index (χ1n) is 7.57. The number of benzene rings is 2. The number of fused-ring (bicyclic) bond motifs is 1. The molecule has 0 bridgehead atoms. The van der Waals surface area contributed by atoms with E-state index in [0.29, 0.717) is 12.2 Å². The third kappa shape index (κ3) is 3.97. The van der Waals surface area contributed by atoms with Gasteiger partial charge in [-0.2, -0.15) is 18.3 Å². The zero-order valence-corrected chi connectivity index (χ0v) is 14.5. The Morgan fingerprint density at radius 2 is 1.76 bits per heavy atom. The summed E-state index contributed by atoms with van der Waals surface area (Å²) in [6.07, 6.45) is -4.34. The number of nitrogens with zero attached hydrogens (tertiary/aromatic N) is 3. The molecule has 2 aromatic carbocycles. The summed E-state index contributed by atoms with van der Waals surface area (Å²) in [5.41, 5.74) is 1.62. The first-order chi connectivity index (χ1) is 11.9. The number of halogens is 3. The van der Waals surface area contributed by atoms with E-state index in [1.165, 1.54) is 24.3 Å². The van der Waals surface area contributed by atoms with Crippen molar-refractivity contribution < 1.29 is 13.2 Å². The van der Waals surface area contributed by atoms with Crippen molar-refractivity contribution in [3.8, 4) is 5.69 Å². The molecule has 0 unspecified atom stereocenters. The van der Waals surface area contributed by atoms with Gasteiger partial charge in [-0.05, 0) is 44.4 Å². The van der Waals surface area contributed by atoms with Crippen LogP contribution in [-0.2, 0) is 12.7 Å². The number of rotatable bonds is 5. The molecule has 1 heterocycles. The maximum atomic E-state index is 12.7. The highest BCUT2D eigenvalue weighted by Gasteiger charge is 2.30. The third-order valence-corrected chi connectivity index (χ3v) is 4.23. The van der Waals surface area contributed by atoms with E-state index < -0.39 is 11.7 Å². The Labute approximate surface area is 147 Å². The summed E-state index contributed by atoms with van der Waals surface area (Å²) in [5.74, 6) is 0. The fraction of sp³-hybridized carbons (Fsp3) is 0.235. The molecule has 25 heavy (non-hydrogen) atoms. The summed E-state index contributed by atoms with van der Waals surface area (Å²) in [6.45, 7) is 0.539. The van der Waals surface area contributed by atoms with Crippen molar-refractivity contribution in [1.82, 2.24) is 18.8 Å². The smallest absolute Gasteiger partial charge is 0.245 e. The lowest BCUT2D eigenvalue weighted by Gasteiger charge is -2.08. The molecule has 3 rings (SSSR count). The molecule has 1 N–H and O–H groups in total. The first kappa shape index (κ1) is 17.8. The fourth-order valence-electron chi connectivity index (χ4n) is 2.48. The van der Waals surface area contributed by atoms with E-state index in [1.54, 1.807) is 4.68 Å². The Hall–Kier alpha value is -2.03. The van der Waals surface area contributed by atoms with E-state index in [9.17, 15) is 13.2 Å². The maximum Gasteiger partial charge on any atom is 0.416 e. The molecular weight excluding hydrogens is 349 g/mol. The number of nitrogens with one attached hydrogen (secondary N) is 1. The van der Waals surface area contributed by atoms with E-state index in [-0.39, 0.29) is 0 Å². The zero-order chi connectivity index (χ0) is 18.0. The van der Waals surface area contributed by atoms with Crippen molar-refractivity contribution in [2.24, 2.45) is 0 Å². The molecule has 0 aliphatic heterocycles. The predicted octanol–water partition coefficient (Wildman–Crippen LogP) is 4.26. The highest BCUT2D eigenvalue weighted by molar-refractivity contribution is 7.95. The second kappa shape index (κ2) is 7.07. The second-order valence-corrected chi connectivity index (χ2v) is 6.85. The minimum absolute atomic E-state index is 0.539. The van der Waals surface area contributed by atoms with Crippen LogP contribution in [0.5, 0.6) is 0 Å². The number of aromatic nitrogens is 2. The van der Waals surface area contributed by atoms with Gasteiger partial charge in [-0.25, -0.2) is 13.7 Å². The van der Waals surface area contributed by atoms with Gasteiger partial charge in [0, 0.05) is 17.5 Å². The van der Waals surface area contributed by atoms with E-state index in [2.05, 4.69) is 9.82 Å². The number of para-hydroxylation sites is 1. The molecule has 1 aromatic heterocycles. The van der Waals surface area contributed by atoms with E-state index >= 15 is 0 Å². The van der Waals surface area contributed by atoms with Crippen LogP contribution in [0.2, 0.25) is 0 Å². The van der Waals surface area contributed by atoms with Gasteiger partial charge in [0.05, 0.1) is 29.0 Å². The second-order valence-electron chi connectivity index (χ2n) is 5.65. The van der Waals surface area contributed by atoms with Gasteiger partial charge in [-0.15, -0.1) is 0 Å². The Morgan fingerprint density at radius 3 is 2.40 bits per heavy atom. The quantitative estimate of drug-likeness (QED) is 0.684. The van der Waals surface area contributed by atoms with Crippen molar-refractivity contribution in [1.29, 1.82) is 0 Å². The van der Waals surface area contributed by atoms with Gasteiger partial charge >= 0.3 is 6.18 Å². The molecule has 0 amide bonds. The molecule has 0 aliphatic carbocycles. The standard InChI is InChI=1S/C17H17F3N4S/c1-23(2)25-21-11-15-14-5-3-4-6-16(14)24(22-15)13-9-7-12(8-10-13)17(18,19)20/h3-10,21H,11H2,1-2H3. The van der Waals surface area contributed by atoms with E-state index in [4.69, 9.17) is 0 Å². The SMILES string of the molecule is CN(C)SNCc1nn(-c2ccc(C(F)(F)F)cc2)c2ccccc12. The van der Waals surface area contributed by atoms with E-state index in [0.717, 1.165) is 28.7 Å². The summed E-state index contributed by atoms with van der Waals surface area (Å²) in [7, 11) is 3.85. The predicted molar refractivity (Wildman–Crippen MR) is 94.2 cm³/mol. The highest BCUT2D eigenvalue weighted by Crippen LogP contribution is 2.30. The van der Waals surface area contributed by atoms with Gasteiger partial charge in [-0.3, -0.25) is 0 Å². The molecule has 132 valence electrons. The molecule has 4 nitrogen and oxygen atoms in total. The lowest BCUT2D eigenvalue weighted by molar-refractivity contribution is -0.137. The average molecular weight is 366 g/mol. The van der Waals surface area contributed by atoms with Crippen molar-refractivity contribution in [3.05, 3.63) is 59.8 Å². The Bertz CT molecular complexity index is 856. The van der Waals surface area contributed by atoms with Gasteiger partial charge in [0.25, 0.3) is 0 Å². The summed E-state index contributed by atoms with van der Waals surface area (Å²) in [4.78, 5) is 0. The fourth-order valence-corrected chi connectivity index (χ4v) is 2.94. The van der Waals surface area contributed by atoms with Gasteiger partial charge in [0.1, 0.15) is 0 Å². The lowest BCUT2D eigenvalue weighted by atomic mass is 10.2. The van der Waals surface area contributed by atoms with Gasteiger partial charge in [0.15, 0.2) is 0 Å². The summed E-state index contributed by atoms with van der Waals surface area (Å²) >= 11 is 1.45. The molecule has 0 spiro atoms. The summed E-state index contributed by atoms with van der Waals surface area (Å²) in [5, 5.41) is 5.56. The summed E-state index contributed by atoms with van der Waals surface area (Å²) in [6, 6.07) is 12.7. The zero-order valence-electron chi connectivity index (χ0n) is 13.7. The van der Waals surface area contributed by atoms with Crippen molar-refractivity contribution in [2.45, 2.75) is 12.7 Å². The molecular formula is C17H17F3N4S. The van der Waals surface area contributed by atoms with E-state index in [1.807, 2.05) is 42.7 Å². The molecule has 0 saturated carbocycles. The van der Waals surface area contributed by atoms with Crippen LogP contribution in [0.15, 0.2) is 48.5 Å². The van der Waals surface area contributed by atoms with Gasteiger partial charge in [-0.1, -0.05) is 18.2 Å². The van der Waals surface area contributed by atoms with Crippen LogP contribution < -0.4 is 4.72 Å². The highest BCUT2D eigenvalue weighted by atomic mass is 32.2.